The Morgan fingerprint density at radius 2 is 1.82 bits per heavy atom. The van der Waals surface area contributed by atoms with E-state index >= 15 is 0 Å². The van der Waals surface area contributed by atoms with Gasteiger partial charge in [-0.05, 0) is 73.5 Å². The second-order valence-corrected chi connectivity index (χ2v) is 11.0. The lowest BCUT2D eigenvalue weighted by atomic mass is 9.85. The molecule has 2 aliphatic rings. The Balaban J connectivity index is 1.06. The topological polar surface area (TPSA) is 72.8 Å². The van der Waals surface area contributed by atoms with E-state index in [0.29, 0.717) is 31.8 Å². The minimum absolute atomic E-state index is 0.143. The number of para-hydroxylation sites is 1. The Labute approximate surface area is 226 Å². The summed E-state index contributed by atoms with van der Waals surface area (Å²) in [6.45, 7) is 0.331. The average molecular weight is 527 g/mol. The van der Waals surface area contributed by atoms with E-state index in [2.05, 4.69) is 10.1 Å². The van der Waals surface area contributed by atoms with Crippen molar-refractivity contribution in [3.8, 4) is 11.5 Å². The van der Waals surface area contributed by atoms with Crippen LogP contribution in [-0.2, 0) is 18.4 Å². The summed E-state index contributed by atoms with van der Waals surface area (Å²) >= 11 is 1.63. The van der Waals surface area contributed by atoms with E-state index in [0.717, 1.165) is 64.8 Å². The number of thiophene rings is 1. The Kier molecular flexibility index (Phi) is 6.95. The summed E-state index contributed by atoms with van der Waals surface area (Å²) in [5, 5.41) is 5.08. The number of aryl methyl sites for hydroxylation is 1. The van der Waals surface area contributed by atoms with Crippen LogP contribution in [0.15, 0.2) is 66.0 Å². The highest BCUT2D eigenvalue weighted by molar-refractivity contribution is 7.17. The number of benzene rings is 2. The van der Waals surface area contributed by atoms with Gasteiger partial charge in [0, 0.05) is 30.4 Å². The van der Waals surface area contributed by atoms with E-state index in [9.17, 15) is 9.59 Å². The molecule has 4 aromatic rings. The summed E-state index contributed by atoms with van der Waals surface area (Å²) in [6.07, 6.45) is 5.42. The summed E-state index contributed by atoms with van der Waals surface area (Å²) in [5.41, 5.74) is 3.31. The third kappa shape index (κ3) is 4.96. The molecule has 1 amide bonds. The molecule has 9 heteroatoms. The third-order valence-corrected chi connectivity index (χ3v) is 8.66. The monoisotopic (exact) mass is 527 g/mol. The quantitative estimate of drug-likeness (QED) is 0.245. The number of amides is 1. The zero-order chi connectivity index (χ0) is 26.1. The minimum atomic E-state index is -0.143. The SMILES string of the molecule is Cn1c(C(=O)Nc2ccccc2COc2ccc(O[C@@H]3C[C@H]4CC[C@@H](C3)N4BC=O)cc2)cc2sccc21. The molecule has 0 aliphatic carbocycles. The van der Waals surface area contributed by atoms with Crippen LogP contribution in [0.5, 0.6) is 11.5 Å². The van der Waals surface area contributed by atoms with Crippen LogP contribution in [-0.4, -0.2) is 47.1 Å². The Hall–Kier alpha value is -3.56. The van der Waals surface area contributed by atoms with Gasteiger partial charge in [0.1, 0.15) is 29.9 Å². The van der Waals surface area contributed by atoms with Gasteiger partial charge in [0.15, 0.2) is 0 Å². The van der Waals surface area contributed by atoms with Crippen LogP contribution >= 0.6 is 11.3 Å². The van der Waals surface area contributed by atoms with Gasteiger partial charge in [-0.3, -0.25) is 4.79 Å². The average Bonchev–Trinajstić information content (AvgIpc) is 3.58. The maximum Gasteiger partial charge on any atom is 0.281 e. The fraction of sp³-hybridized carbons (Fsp3) is 0.310. The highest BCUT2D eigenvalue weighted by Crippen LogP contribution is 2.36. The van der Waals surface area contributed by atoms with Crippen LogP contribution in [0.4, 0.5) is 5.69 Å². The Bertz CT molecular complexity index is 1440. The normalized spacial score (nSPS) is 20.8. The van der Waals surface area contributed by atoms with Gasteiger partial charge in [-0.1, -0.05) is 18.2 Å². The largest absolute Gasteiger partial charge is 0.490 e. The lowest BCUT2D eigenvalue weighted by Gasteiger charge is -2.37. The van der Waals surface area contributed by atoms with Crippen LogP contribution in [0, 0.1) is 0 Å². The van der Waals surface area contributed by atoms with Crippen molar-refractivity contribution >= 4 is 46.7 Å². The number of aromatic nitrogens is 1. The summed E-state index contributed by atoms with van der Waals surface area (Å²) in [7, 11) is 2.44. The first-order chi connectivity index (χ1) is 18.6. The first-order valence-corrected chi connectivity index (χ1v) is 14.0. The highest BCUT2D eigenvalue weighted by Gasteiger charge is 2.41. The smallest absolute Gasteiger partial charge is 0.281 e. The summed E-state index contributed by atoms with van der Waals surface area (Å²) in [5.74, 6) is 1.43. The predicted molar refractivity (Wildman–Crippen MR) is 152 cm³/mol. The molecule has 0 radical (unpaired) electrons. The van der Waals surface area contributed by atoms with Gasteiger partial charge in [-0.25, -0.2) is 0 Å². The predicted octanol–water partition coefficient (Wildman–Crippen LogP) is 4.99. The van der Waals surface area contributed by atoms with Crippen LogP contribution in [0.2, 0.25) is 0 Å². The molecule has 2 fully saturated rings. The van der Waals surface area contributed by atoms with Crippen molar-refractivity contribution in [2.75, 3.05) is 5.32 Å². The van der Waals surface area contributed by atoms with E-state index in [1.54, 1.807) is 11.3 Å². The molecule has 38 heavy (non-hydrogen) atoms. The van der Waals surface area contributed by atoms with Crippen molar-refractivity contribution in [2.24, 2.45) is 7.05 Å². The van der Waals surface area contributed by atoms with E-state index < -0.39 is 0 Å². The lowest BCUT2D eigenvalue weighted by Crippen LogP contribution is -2.48. The minimum Gasteiger partial charge on any atom is -0.490 e. The van der Waals surface area contributed by atoms with Crippen molar-refractivity contribution in [3.63, 3.8) is 0 Å². The molecule has 0 spiro atoms. The molecule has 194 valence electrons. The zero-order valence-electron chi connectivity index (χ0n) is 21.3. The van der Waals surface area contributed by atoms with Gasteiger partial charge in [-0.2, -0.15) is 0 Å². The number of hydrogen-bond donors (Lipinski definition) is 1. The number of nitrogens with one attached hydrogen (secondary N) is 1. The number of hydrogen-bond acceptors (Lipinski definition) is 6. The maximum absolute atomic E-state index is 13.0. The van der Waals surface area contributed by atoms with Gasteiger partial charge in [0.25, 0.3) is 13.3 Å². The van der Waals surface area contributed by atoms with E-state index in [-0.39, 0.29) is 12.0 Å². The van der Waals surface area contributed by atoms with Gasteiger partial charge in [0.2, 0.25) is 0 Å². The Morgan fingerprint density at radius 3 is 2.55 bits per heavy atom. The number of piperidine rings is 1. The second-order valence-electron chi connectivity index (χ2n) is 10.1. The number of carbonyl (C=O) groups excluding carboxylic acids is 2. The van der Waals surface area contributed by atoms with E-state index in [1.807, 2.05) is 77.7 Å². The van der Waals surface area contributed by atoms with Gasteiger partial charge in [-0.15, -0.1) is 11.3 Å². The molecule has 6 rings (SSSR count). The molecule has 2 aromatic carbocycles. The fourth-order valence-electron chi connectivity index (χ4n) is 5.90. The molecule has 0 unspecified atom stereocenters. The lowest BCUT2D eigenvalue weighted by molar-refractivity contribution is 0.0957. The molecule has 4 heterocycles. The molecule has 2 aromatic heterocycles. The van der Waals surface area contributed by atoms with E-state index in [4.69, 9.17) is 9.47 Å². The standard InChI is InChI=1S/C29H30BN3O4S/c1-32-26-12-13-38-28(26)16-27(32)29(35)31-25-5-3-2-4-19(25)17-36-22-8-10-23(11-9-22)37-24-14-20-6-7-21(15-24)33(20)30-18-34/h2-5,8-13,16,18,20-21,24,30H,6-7,14-15,17H2,1H3,(H,31,35)/t20-,21+,24-. The molecule has 0 saturated carbocycles. The number of rotatable bonds is 9. The van der Waals surface area contributed by atoms with Crippen molar-refractivity contribution in [1.29, 1.82) is 0 Å². The van der Waals surface area contributed by atoms with Crippen LogP contribution < -0.4 is 14.8 Å². The van der Waals surface area contributed by atoms with Crippen LogP contribution in [0.1, 0.15) is 41.7 Å². The number of anilines is 1. The molecule has 2 saturated heterocycles. The highest BCUT2D eigenvalue weighted by atomic mass is 32.1. The third-order valence-electron chi connectivity index (χ3n) is 7.81. The number of nitrogens with zero attached hydrogens (tertiary/aromatic N) is 2. The second kappa shape index (κ2) is 10.7. The summed E-state index contributed by atoms with van der Waals surface area (Å²) in [6, 6.07) is 20.3. The molecular formula is C29H30BN3O4S. The fourth-order valence-corrected chi connectivity index (χ4v) is 6.74. The van der Waals surface area contributed by atoms with Gasteiger partial charge >= 0.3 is 0 Å². The van der Waals surface area contributed by atoms with Crippen molar-refractivity contribution in [1.82, 2.24) is 9.38 Å². The van der Waals surface area contributed by atoms with Crippen molar-refractivity contribution < 1.29 is 19.1 Å². The van der Waals surface area contributed by atoms with Crippen molar-refractivity contribution in [2.45, 2.75) is 50.5 Å². The first kappa shape index (κ1) is 24.8. The molecule has 3 atom stereocenters. The number of ether oxygens (including phenoxy) is 2. The number of fused-ring (bicyclic) bond motifs is 3. The van der Waals surface area contributed by atoms with Crippen LogP contribution in [0.3, 0.4) is 0 Å². The van der Waals surface area contributed by atoms with Gasteiger partial charge < -0.3 is 29.0 Å². The zero-order valence-corrected chi connectivity index (χ0v) is 22.2. The summed E-state index contributed by atoms with van der Waals surface area (Å²) < 4.78 is 15.4. The molecule has 2 bridgehead atoms. The Morgan fingerprint density at radius 1 is 1.08 bits per heavy atom. The van der Waals surface area contributed by atoms with E-state index in [1.165, 1.54) is 0 Å². The molecule has 7 nitrogen and oxygen atoms in total. The number of carbonyl (C=O) groups is 2. The molecule has 1 N–H and O–H groups in total. The van der Waals surface area contributed by atoms with Crippen LogP contribution in [0.25, 0.3) is 10.2 Å². The molecule has 2 aliphatic heterocycles. The van der Waals surface area contributed by atoms with Gasteiger partial charge in [0.05, 0.1) is 16.4 Å². The summed E-state index contributed by atoms with van der Waals surface area (Å²) in [4.78, 5) is 26.4. The first-order valence-electron chi connectivity index (χ1n) is 13.1. The maximum atomic E-state index is 13.0. The molecular weight excluding hydrogens is 497 g/mol. The van der Waals surface area contributed by atoms with Crippen molar-refractivity contribution in [3.05, 3.63) is 77.3 Å².